The molecule has 2 saturated carbocycles. The van der Waals surface area contributed by atoms with Crippen molar-refractivity contribution in [1.29, 1.82) is 0 Å². The van der Waals surface area contributed by atoms with Gasteiger partial charge in [-0.25, -0.2) is 4.79 Å². The third-order valence-electron chi connectivity index (χ3n) is 5.89. The second kappa shape index (κ2) is 8.50. The summed E-state index contributed by atoms with van der Waals surface area (Å²) in [6, 6.07) is 0. The third kappa shape index (κ3) is 4.61. The molecule has 0 radical (unpaired) electrons. The molecule has 3 fully saturated rings. The van der Waals surface area contributed by atoms with Crippen molar-refractivity contribution in [3.8, 4) is 0 Å². The van der Waals surface area contributed by atoms with E-state index in [9.17, 15) is 9.90 Å². The van der Waals surface area contributed by atoms with Gasteiger partial charge in [0.2, 0.25) is 0 Å². The first kappa shape index (κ1) is 18.0. The van der Waals surface area contributed by atoms with Gasteiger partial charge < -0.3 is 19.5 Å². The number of hydrogen-bond acceptors (Lipinski definition) is 5. The molecule has 3 aliphatic rings. The van der Waals surface area contributed by atoms with Gasteiger partial charge in [0.1, 0.15) is 0 Å². The van der Waals surface area contributed by atoms with Crippen LogP contribution in [0.3, 0.4) is 0 Å². The summed E-state index contributed by atoms with van der Waals surface area (Å²) in [5.41, 5.74) is 0. The minimum absolute atomic E-state index is 0.230. The predicted octanol–water partition coefficient (Wildman–Crippen LogP) is 1.57. The highest BCUT2D eigenvalue weighted by atomic mass is 16.6. The zero-order valence-electron chi connectivity index (χ0n) is 14.9. The van der Waals surface area contributed by atoms with Crippen LogP contribution in [0.15, 0.2) is 0 Å². The van der Waals surface area contributed by atoms with Crippen molar-refractivity contribution < 1.29 is 19.4 Å². The Kier molecular flexibility index (Phi) is 6.36. The number of β-amino-alcohol motifs (C(OH)–C–C–N with tert-alkyl or cyclic N) is 1. The van der Waals surface area contributed by atoms with Crippen LogP contribution < -0.4 is 0 Å². The molecule has 1 N–H and O–H groups in total. The first-order valence-corrected chi connectivity index (χ1v) is 9.55. The Morgan fingerprint density at radius 2 is 2.00 bits per heavy atom. The van der Waals surface area contributed by atoms with E-state index in [-0.39, 0.29) is 6.09 Å². The Hall–Kier alpha value is -0.850. The molecule has 6 heteroatoms. The molecule has 0 aromatic rings. The number of aliphatic hydroxyl groups is 1. The first-order valence-electron chi connectivity index (χ1n) is 9.55. The van der Waals surface area contributed by atoms with E-state index in [1.807, 2.05) is 6.92 Å². The highest BCUT2D eigenvalue weighted by molar-refractivity contribution is 5.67. The number of ether oxygens (including phenoxy) is 2. The van der Waals surface area contributed by atoms with E-state index < -0.39 is 6.10 Å². The number of rotatable bonds is 7. The quantitative estimate of drug-likeness (QED) is 0.762. The molecule has 0 unspecified atom stereocenters. The molecule has 1 amide bonds. The summed E-state index contributed by atoms with van der Waals surface area (Å²) in [5, 5.41) is 10.2. The average molecular weight is 340 g/mol. The van der Waals surface area contributed by atoms with Crippen molar-refractivity contribution in [1.82, 2.24) is 9.80 Å². The molecular formula is C18H32N2O4. The van der Waals surface area contributed by atoms with Crippen LogP contribution in [0.5, 0.6) is 0 Å². The van der Waals surface area contributed by atoms with Gasteiger partial charge in [-0.05, 0) is 43.9 Å². The second-order valence-corrected chi connectivity index (χ2v) is 7.61. The standard InChI is InChI=1S/C18H32N2O4/c1-2-24-18(22)20-7-5-19(6-8-20)11-17(21)13-23-12-16-10-14-3-4-15(16)9-14/h14-17,21H,2-13H2,1H3/t14-,15-,16+,17+/m1/s1. The first-order chi connectivity index (χ1) is 11.7. The van der Waals surface area contributed by atoms with Crippen molar-refractivity contribution in [2.24, 2.45) is 17.8 Å². The van der Waals surface area contributed by atoms with Crippen LogP contribution in [0.4, 0.5) is 4.79 Å². The molecule has 6 nitrogen and oxygen atoms in total. The van der Waals surface area contributed by atoms with Crippen LogP contribution >= 0.6 is 0 Å². The molecule has 2 bridgehead atoms. The van der Waals surface area contributed by atoms with Crippen LogP contribution in [0.2, 0.25) is 0 Å². The zero-order chi connectivity index (χ0) is 16.9. The molecule has 1 saturated heterocycles. The SMILES string of the molecule is CCOC(=O)N1CCN(C[C@H](O)COC[C@@H]2C[C@@H]3CC[C@@H]2C3)CC1. The molecular weight excluding hydrogens is 308 g/mol. The maximum Gasteiger partial charge on any atom is 0.409 e. The lowest BCUT2D eigenvalue weighted by Crippen LogP contribution is -2.51. The fraction of sp³-hybridized carbons (Fsp3) is 0.944. The number of hydrogen-bond donors (Lipinski definition) is 1. The normalized spacial score (nSPS) is 31.4. The molecule has 138 valence electrons. The number of carbonyl (C=O) groups is 1. The summed E-state index contributed by atoms with van der Waals surface area (Å²) in [6.45, 7) is 6.98. The lowest BCUT2D eigenvalue weighted by atomic mass is 9.90. The molecule has 24 heavy (non-hydrogen) atoms. The van der Waals surface area contributed by atoms with Crippen LogP contribution in [-0.2, 0) is 9.47 Å². The lowest BCUT2D eigenvalue weighted by molar-refractivity contribution is -0.00854. The largest absolute Gasteiger partial charge is 0.450 e. The van der Waals surface area contributed by atoms with E-state index in [1.54, 1.807) is 4.90 Å². The summed E-state index contributed by atoms with van der Waals surface area (Å²) in [5.74, 6) is 2.55. The summed E-state index contributed by atoms with van der Waals surface area (Å²) in [7, 11) is 0. The summed E-state index contributed by atoms with van der Waals surface area (Å²) < 4.78 is 10.8. The van der Waals surface area contributed by atoms with Gasteiger partial charge in [-0.15, -0.1) is 0 Å². The lowest BCUT2D eigenvalue weighted by Gasteiger charge is -2.35. The third-order valence-corrected chi connectivity index (χ3v) is 5.89. The number of nitrogens with zero attached hydrogens (tertiary/aromatic N) is 2. The van der Waals surface area contributed by atoms with E-state index in [0.717, 1.165) is 37.5 Å². The number of fused-ring (bicyclic) bond motifs is 2. The smallest absolute Gasteiger partial charge is 0.409 e. The van der Waals surface area contributed by atoms with Crippen LogP contribution in [0, 0.1) is 17.8 Å². The van der Waals surface area contributed by atoms with Crippen molar-refractivity contribution in [2.75, 3.05) is 52.5 Å². The van der Waals surface area contributed by atoms with Crippen LogP contribution in [0.25, 0.3) is 0 Å². The fourth-order valence-corrected chi connectivity index (χ4v) is 4.61. The van der Waals surface area contributed by atoms with Gasteiger partial charge in [0.15, 0.2) is 0 Å². The van der Waals surface area contributed by atoms with E-state index in [0.29, 0.717) is 32.8 Å². The monoisotopic (exact) mass is 340 g/mol. The van der Waals surface area contributed by atoms with Gasteiger partial charge >= 0.3 is 6.09 Å². The van der Waals surface area contributed by atoms with Crippen molar-refractivity contribution in [3.05, 3.63) is 0 Å². The minimum atomic E-state index is -0.447. The number of aliphatic hydroxyl groups excluding tert-OH is 1. The number of piperazine rings is 1. The molecule has 1 aliphatic heterocycles. The summed E-state index contributed by atoms with van der Waals surface area (Å²) in [4.78, 5) is 15.6. The fourth-order valence-electron chi connectivity index (χ4n) is 4.61. The van der Waals surface area contributed by atoms with Gasteiger partial charge in [-0.1, -0.05) is 6.42 Å². The zero-order valence-corrected chi connectivity index (χ0v) is 14.9. The van der Waals surface area contributed by atoms with Crippen LogP contribution in [-0.4, -0.2) is 79.6 Å². The Morgan fingerprint density at radius 3 is 2.62 bits per heavy atom. The number of amides is 1. The van der Waals surface area contributed by atoms with Gasteiger partial charge in [-0.3, -0.25) is 4.90 Å². The molecule has 0 aromatic heterocycles. The highest BCUT2D eigenvalue weighted by Gasteiger charge is 2.39. The van der Waals surface area contributed by atoms with E-state index in [1.165, 1.54) is 25.7 Å². The van der Waals surface area contributed by atoms with E-state index in [4.69, 9.17) is 9.47 Å². The maximum atomic E-state index is 11.7. The van der Waals surface area contributed by atoms with Crippen LogP contribution in [0.1, 0.15) is 32.6 Å². The Labute approximate surface area is 145 Å². The molecule has 3 rings (SSSR count). The maximum absolute atomic E-state index is 11.7. The van der Waals surface area contributed by atoms with Gasteiger partial charge in [0.25, 0.3) is 0 Å². The Bertz CT molecular complexity index is 412. The summed E-state index contributed by atoms with van der Waals surface area (Å²) in [6.07, 6.45) is 4.86. The molecule has 0 spiro atoms. The Morgan fingerprint density at radius 1 is 1.21 bits per heavy atom. The topological polar surface area (TPSA) is 62.2 Å². The van der Waals surface area contributed by atoms with Crippen molar-refractivity contribution in [3.63, 3.8) is 0 Å². The van der Waals surface area contributed by atoms with Crippen molar-refractivity contribution >= 4 is 6.09 Å². The molecule has 1 heterocycles. The minimum Gasteiger partial charge on any atom is -0.450 e. The molecule has 2 aliphatic carbocycles. The van der Waals surface area contributed by atoms with E-state index in [2.05, 4.69) is 4.90 Å². The molecule has 0 aromatic carbocycles. The number of carbonyl (C=O) groups excluding carboxylic acids is 1. The van der Waals surface area contributed by atoms with Crippen molar-refractivity contribution in [2.45, 2.75) is 38.7 Å². The average Bonchev–Trinajstić information content (AvgIpc) is 3.18. The summed E-state index contributed by atoms with van der Waals surface area (Å²) >= 11 is 0. The predicted molar refractivity (Wildman–Crippen MR) is 90.8 cm³/mol. The van der Waals surface area contributed by atoms with Gasteiger partial charge in [0, 0.05) is 39.3 Å². The molecule has 4 atom stereocenters. The highest BCUT2D eigenvalue weighted by Crippen LogP contribution is 2.48. The van der Waals surface area contributed by atoms with E-state index >= 15 is 0 Å². The second-order valence-electron chi connectivity index (χ2n) is 7.61. The van der Waals surface area contributed by atoms with Gasteiger partial charge in [-0.2, -0.15) is 0 Å². The van der Waals surface area contributed by atoms with Gasteiger partial charge in [0.05, 0.1) is 19.3 Å². The Balaban J connectivity index is 1.27.